The Morgan fingerprint density at radius 2 is 1.86 bits per heavy atom. The molecule has 6 atom stereocenters. The molecule has 2 rings (SSSR count). The molecule has 2 heterocycles. The molecule has 5 N–H and O–H groups in total. The van der Waals surface area contributed by atoms with Crippen LogP contribution in [0.5, 0.6) is 0 Å². The van der Waals surface area contributed by atoms with Gasteiger partial charge in [-0.05, 0) is 12.5 Å². The molecule has 0 amide bonds. The van der Waals surface area contributed by atoms with Gasteiger partial charge in [0, 0.05) is 19.2 Å². The highest BCUT2D eigenvalue weighted by Gasteiger charge is 2.43. The van der Waals surface area contributed by atoms with Crippen molar-refractivity contribution >= 4 is 29.3 Å². The first kappa shape index (κ1) is 24.3. The lowest BCUT2D eigenvalue weighted by atomic mass is 10.1. The molecule has 1 aromatic heterocycles. The number of nitrogens with two attached hydrogens (primary N) is 1. The van der Waals surface area contributed by atoms with Crippen molar-refractivity contribution in [2.45, 2.75) is 25.7 Å². The fourth-order valence-electron chi connectivity index (χ4n) is 2.49. The van der Waals surface area contributed by atoms with Crippen molar-refractivity contribution in [2.24, 2.45) is 5.92 Å². The van der Waals surface area contributed by atoms with Crippen LogP contribution in [0.1, 0.15) is 19.6 Å². The van der Waals surface area contributed by atoms with E-state index < -0.39 is 48.1 Å². The minimum atomic E-state index is -5.48. The summed E-state index contributed by atoms with van der Waals surface area (Å²) in [5.74, 6) is -0.188. The second-order valence-electron chi connectivity index (χ2n) is 5.95. The molecule has 0 bridgehead atoms. The van der Waals surface area contributed by atoms with E-state index in [0.717, 1.165) is 0 Å². The molecule has 0 spiro atoms. The summed E-state index contributed by atoms with van der Waals surface area (Å²) in [6, 6.07) is 1.40. The molecule has 166 valence electrons. The Balaban J connectivity index is 1.97. The first-order valence-electron chi connectivity index (χ1n) is 7.85. The highest BCUT2D eigenvalue weighted by atomic mass is 31.3. The molecule has 0 aliphatic carbocycles. The number of aromatic nitrogens is 2. The molecule has 1 aromatic rings. The van der Waals surface area contributed by atoms with Crippen molar-refractivity contribution in [1.82, 2.24) is 9.55 Å². The second kappa shape index (κ2) is 9.04. The van der Waals surface area contributed by atoms with E-state index in [4.69, 9.17) is 15.4 Å². The normalized spacial score (nSPS) is 28.4. The van der Waals surface area contributed by atoms with Gasteiger partial charge in [-0.2, -0.15) is 13.6 Å². The predicted octanol–water partition coefficient (Wildman–Crippen LogP) is 0.746. The van der Waals surface area contributed by atoms with Crippen molar-refractivity contribution < 1.29 is 50.8 Å². The minimum absolute atomic E-state index is 0.0340. The van der Waals surface area contributed by atoms with Gasteiger partial charge >= 0.3 is 29.2 Å². The van der Waals surface area contributed by atoms with E-state index >= 15 is 0 Å². The van der Waals surface area contributed by atoms with Gasteiger partial charge in [0.05, 0.1) is 12.7 Å². The number of nitrogen functional groups attached to an aromatic ring is 1. The van der Waals surface area contributed by atoms with Gasteiger partial charge in [0.2, 0.25) is 0 Å². The standard InChI is InChI=1S/C11H20N3O12P3/c1-7-5-8(24-10(7)14-4-3-9(12)13-11(14)15)6-23-28(18,19)26-29(20,21)25-27(16,17)22-2/h3-4,7-8,10H,5-6H2,1-2H3,(H,16,17)(H,18,19)(H,20,21)(H2,12,13,15)/t7-,8-,10+/m0/s1. The topological polar surface area (TPSA) is 219 Å². The number of rotatable bonds is 9. The molecule has 29 heavy (non-hydrogen) atoms. The van der Waals surface area contributed by atoms with Crippen LogP contribution >= 0.6 is 23.5 Å². The lowest BCUT2D eigenvalue weighted by Gasteiger charge is -2.19. The predicted molar refractivity (Wildman–Crippen MR) is 95.2 cm³/mol. The van der Waals surface area contributed by atoms with Gasteiger partial charge in [-0.25, -0.2) is 18.5 Å². The number of ether oxygens (including phenoxy) is 1. The molecule has 18 heteroatoms. The highest BCUT2D eigenvalue weighted by molar-refractivity contribution is 7.66. The Labute approximate surface area is 164 Å². The zero-order valence-corrected chi connectivity index (χ0v) is 17.8. The summed E-state index contributed by atoms with van der Waals surface area (Å²) in [5, 5.41) is 0. The molecule has 1 aliphatic rings. The van der Waals surface area contributed by atoms with Crippen molar-refractivity contribution in [3.05, 3.63) is 22.7 Å². The number of hydrogen-bond donors (Lipinski definition) is 4. The van der Waals surface area contributed by atoms with Gasteiger partial charge in [-0.15, -0.1) is 0 Å². The zero-order valence-electron chi connectivity index (χ0n) is 15.1. The van der Waals surface area contributed by atoms with Crippen LogP contribution in [0.4, 0.5) is 5.82 Å². The average Bonchev–Trinajstić information content (AvgIpc) is 2.92. The summed E-state index contributed by atoms with van der Waals surface area (Å²) in [7, 11) is -14.9. The van der Waals surface area contributed by atoms with E-state index in [1.807, 2.05) is 0 Å². The molecule has 15 nitrogen and oxygen atoms in total. The van der Waals surface area contributed by atoms with Crippen LogP contribution in [-0.2, 0) is 36.1 Å². The molecule has 1 fully saturated rings. The van der Waals surface area contributed by atoms with Gasteiger partial charge in [0.1, 0.15) is 12.0 Å². The maximum Gasteiger partial charge on any atom is 0.490 e. The van der Waals surface area contributed by atoms with Crippen LogP contribution in [-0.4, -0.2) is 44.1 Å². The van der Waals surface area contributed by atoms with Crippen LogP contribution in [0.2, 0.25) is 0 Å². The second-order valence-corrected chi connectivity index (χ2v) is 10.7. The maximum atomic E-state index is 11.9. The fourth-order valence-corrected chi connectivity index (χ4v) is 5.78. The highest BCUT2D eigenvalue weighted by Crippen LogP contribution is 2.67. The molecule has 0 saturated carbocycles. The Kier molecular flexibility index (Phi) is 7.59. The lowest BCUT2D eigenvalue weighted by molar-refractivity contribution is -0.0331. The van der Waals surface area contributed by atoms with Crippen LogP contribution in [0.15, 0.2) is 17.1 Å². The molecular formula is C11H20N3O12P3. The van der Waals surface area contributed by atoms with Gasteiger partial charge in [0.15, 0.2) is 0 Å². The fraction of sp³-hybridized carbons (Fsp3) is 0.636. The number of hydrogen-bond acceptors (Lipinski definition) is 11. The maximum absolute atomic E-state index is 11.9. The third-order valence-corrected chi connectivity index (χ3v) is 7.88. The quantitative estimate of drug-likeness (QED) is 0.359. The SMILES string of the molecule is COP(=O)(O)OP(=O)(O)OP(=O)(O)OC[C@@H]1C[C@H](C)[C@H](n2ccc(N)nc2=O)O1. The number of phosphoric ester groups is 2. The summed E-state index contributed by atoms with van der Waals surface area (Å²) in [5.41, 5.74) is 4.78. The zero-order chi connectivity index (χ0) is 22.0. The van der Waals surface area contributed by atoms with Gasteiger partial charge in [-0.3, -0.25) is 13.6 Å². The smallest absolute Gasteiger partial charge is 0.383 e. The van der Waals surface area contributed by atoms with E-state index in [1.54, 1.807) is 6.92 Å². The van der Waals surface area contributed by atoms with Crippen molar-refractivity contribution in [3.63, 3.8) is 0 Å². The van der Waals surface area contributed by atoms with Gasteiger partial charge in [-0.1, -0.05) is 6.92 Å². The van der Waals surface area contributed by atoms with Crippen molar-refractivity contribution in [2.75, 3.05) is 19.5 Å². The Hall–Kier alpha value is -0.950. The largest absolute Gasteiger partial charge is 0.490 e. The van der Waals surface area contributed by atoms with E-state index in [0.29, 0.717) is 13.5 Å². The van der Waals surface area contributed by atoms with Crippen LogP contribution in [0.25, 0.3) is 0 Å². The summed E-state index contributed by atoms with van der Waals surface area (Å²) < 4.78 is 57.5. The number of anilines is 1. The summed E-state index contributed by atoms with van der Waals surface area (Å²) >= 11 is 0. The summed E-state index contributed by atoms with van der Waals surface area (Å²) in [6.07, 6.45) is 0.143. The van der Waals surface area contributed by atoms with Crippen LogP contribution in [0.3, 0.4) is 0 Å². The minimum Gasteiger partial charge on any atom is -0.383 e. The first-order valence-corrected chi connectivity index (χ1v) is 12.3. The van der Waals surface area contributed by atoms with E-state index in [-0.39, 0.29) is 11.7 Å². The molecule has 1 aliphatic heterocycles. The number of nitrogens with zero attached hydrogens (tertiary/aromatic N) is 2. The van der Waals surface area contributed by atoms with Crippen molar-refractivity contribution in [1.29, 1.82) is 0 Å². The Bertz CT molecular complexity index is 937. The molecule has 3 unspecified atom stereocenters. The van der Waals surface area contributed by atoms with Crippen LogP contribution < -0.4 is 11.4 Å². The summed E-state index contributed by atoms with van der Waals surface area (Å²) in [6.45, 7) is 1.19. The van der Waals surface area contributed by atoms with Gasteiger partial charge < -0.3 is 25.2 Å². The molecular weight excluding hydrogens is 459 g/mol. The monoisotopic (exact) mass is 479 g/mol. The first-order chi connectivity index (χ1) is 13.2. The van der Waals surface area contributed by atoms with E-state index in [2.05, 4.69) is 22.7 Å². The van der Waals surface area contributed by atoms with E-state index in [9.17, 15) is 28.3 Å². The molecule has 0 radical (unpaired) electrons. The third kappa shape index (κ3) is 7.06. The van der Waals surface area contributed by atoms with Crippen molar-refractivity contribution in [3.8, 4) is 0 Å². The Morgan fingerprint density at radius 1 is 1.24 bits per heavy atom. The molecule has 1 saturated heterocycles. The van der Waals surface area contributed by atoms with Gasteiger partial charge in [0.25, 0.3) is 0 Å². The number of phosphoric acid groups is 3. The average molecular weight is 479 g/mol. The lowest BCUT2D eigenvalue weighted by Crippen LogP contribution is -2.29. The Morgan fingerprint density at radius 3 is 2.45 bits per heavy atom. The third-order valence-electron chi connectivity index (χ3n) is 3.65. The van der Waals surface area contributed by atoms with E-state index in [1.165, 1.54) is 16.8 Å². The van der Waals surface area contributed by atoms with Crippen LogP contribution in [0, 0.1) is 5.92 Å². The molecule has 0 aromatic carbocycles. The summed E-state index contributed by atoms with van der Waals surface area (Å²) in [4.78, 5) is 43.3.